The lowest BCUT2D eigenvalue weighted by molar-refractivity contribution is -0.274. The third-order valence-corrected chi connectivity index (χ3v) is 7.64. The molecule has 12 heteroatoms. The summed E-state index contributed by atoms with van der Waals surface area (Å²) in [7, 11) is 0. The molecule has 2 N–H and O–H groups in total. The number of fused-ring (bicyclic) bond motifs is 1. The lowest BCUT2D eigenvalue weighted by Gasteiger charge is -2.17. The number of rotatable bonds is 12. The number of nitrogens with zero attached hydrogens (tertiary/aromatic N) is 2. The maximum atomic E-state index is 12.8. The van der Waals surface area contributed by atoms with Crippen molar-refractivity contribution in [3.63, 3.8) is 0 Å². The van der Waals surface area contributed by atoms with Crippen LogP contribution < -0.4 is 14.8 Å². The summed E-state index contributed by atoms with van der Waals surface area (Å²) < 4.78 is 50.3. The molecule has 4 aromatic carbocycles. The fourth-order valence-corrected chi connectivity index (χ4v) is 5.26. The van der Waals surface area contributed by atoms with E-state index in [1.165, 1.54) is 12.1 Å². The van der Waals surface area contributed by atoms with Crippen molar-refractivity contribution in [3.05, 3.63) is 101 Å². The van der Waals surface area contributed by atoms with Crippen LogP contribution in [0, 0.1) is 0 Å². The summed E-state index contributed by atoms with van der Waals surface area (Å²) in [6.07, 6.45) is -4.18. The molecule has 1 atom stereocenters. The molecule has 0 aliphatic carbocycles. The van der Waals surface area contributed by atoms with Gasteiger partial charge in [0, 0.05) is 28.3 Å². The highest BCUT2D eigenvalue weighted by atomic mass is 35.5. The van der Waals surface area contributed by atoms with Gasteiger partial charge < -0.3 is 19.9 Å². The van der Waals surface area contributed by atoms with E-state index in [9.17, 15) is 22.8 Å². The Bertz CT molecular complexity index is 1910. The summed E-state index contributed by atoms with van der Waals surface area (Å²) in [5.74, 6) is -1.11. The fourth-order valence-electron chi connectivity index (χ4n) is 5.10. The van der Waals surface area contributed by atoms with Crippen LogP contribution in [0.2, 0.25) is 5.02 Å². The maximum absolute atomic E-state index is 12.8. The topological polar surface area (TPSA) is 103 Å². The molecule has 0 unspecified atom stereocenters. The summed E-state index contributed by atoms with van der Waals surface area (Å²) in [6.45, 7) is 4.46. The van der Waals surface area contributed by atoms with Gasteiger partial charge in [0.1, 0.15) is 11.5 Å². The second-order valence-electron chi connectivity index (χ2n) is 10.8. The number of alkyl halides is 3. The molecule has 47 heavy (non-hydrogen) atoms. The van der Waals surface area contributed by atoms with Gasteiger partial charge in [-0.25, -0.2) is 0 Å². The molecule has 8 nitrogen and oxygen atoms in total. The largest absolute Gasteiger partial charge is 0.573 e. The molecule has 0 aliphatic rings. The average Bonchev–Trinajstić information content (AvgIpc) is 3.47. The number of nitrogens with one attached hydrogen (secondary N) is 1. The van der Waals surface area contributed by atoms with Gasteiger partial charge in [0.05, 0.1) is 30.5 Å². The van der Waals surface area contributed by atoms with Gasteiger partial charge in [0.2, 0.25) is 0 Å². The summed E-state index contributed by atoms with van der Waals surface area (Å²) in [5, 5.41) is 18.2. The Morgan fingerprint density at radius 2 is 1.70 bits per heavy atom. The number of carboxylic acids is 1. The monoisotopic (exact) mass is 665 g/mol. The van der Waals surface area contributed by atoms with E-state index in [0.29, 0.717) is 39.4 Å². The number of carboxylic acid groups (broad SMARTS) is 1. The lowest BCUT2D eigenvalue weighted by atomic mass is 10.0. The van der Waals surface area contributed by atoms with Gasteiger partial charge in [0.25, 0.3) is 5.91 Å². The molecule has 0 saturated carbocycles. The van der Waals surface area contributed by atoms with Gasteiger partial charge in [-0.3, -0.25) is 14.3 Å². The van der Waals surface area contributed by atoms with E-state index < -0.39 is 12.3 Å². The van der Waals surface area contributed by atoms with Crippen LogP contribution in [0.3, 0.4) is 0 Å². The van der Waals surface area contributed by atoms with Crippen LogP contribution in [-0.2, 0) is 4.79 Å². The van der Waals surface area contributed by atoms with Gasteiger partial charge in [-0.15, -0.1) is 13.2 Å². The molecule has 0 spiro atoms. The molecule has 1 amide bonds. The van der Waals surface area contributed by atoms with E-state index in [1.807, 2.05) is 54.9 Å². The van der Waals surface area contributed by atoms with E-state index in [1.54, 1.807) is 36.4 Å². The van der Waals surface area contributed by atoms with Crippen LogP contribution in [-0.4, -0.2) is 46.3 Å². The number of benzene rings is 4. The Labute approximate surface area is 273 Å². The van der Waals surface area contributed by atoms with E-state index in [0.717, 1.165) is 28.8 Å². The first-order valence-corrected chi connectivity index (χ1v) is 15.2. The maximum Gasteiger partial charge on any atom is 0.573 e. The van der Waals surface area contributed by atoms with Crippen molar-refractivity contribution in [1.82, 2.24) is 15.1 Å². The van der Waals surface area contributed by atoms with E-state index >= 15 is 0 Å². The number of ether oxygens (including phenoxy) is 2. The highest BCUT2D eigenvalue weighted by molar-refractivity contribution is 6.30. The van der Waals surface area contributed by atoms with Crippen LogP contribution in [0.1, 0.15) is 48.7 Å². The minimum Gasteiger partial charge on any atom is -0.493 e. The minimum absolute atomic E-state index is 0.0167. The third kappa shape index (κ3) is 8.23. The molecular formula is C35H31ClF3N3O5. The molecule has 244 valence electrons. The third-order valence-electron chi connectivity index (χ3n) is 7.40. The van der Waals surface area contributed by atoms with E-state index in [-0.39, 0.29) is 30.7 Å². The van der Waals surface area contributed by atoms with Gasteiger partial charge in [-0.05, 0) is 84.3 Å². The molecular weight excluding hydrogens is 635 g/mol. The Morgan fingerprint density at radius 3 is 2.40 bits per heavy atom. The predicted molar refractivity (Wildman–Crippen MR) is 173 cm³/mol. The van der Waals surface area contributed by atoms with Gasteiger partial charge in [-0.2, -0.15) is 5.10 Å². The second-order valence-corrected chi connectivity index (χ2v) is 11.3. The summed E-state index contributed by atoms with van der Waals surface area (Å²) in [5.41, 5.74) is 4.09. The van der Waals surface area contributed by atoms with Crippen molar-refractivity contribution in [2.75, 3.05) is 13.2 Å². The molecule has 5 aromatic rings. The van der Waals surface area contributed by atoms with Crippen molar-refractivity contribution < 1.29 is 37.3 Å². The number of aromatic nitrogens is 2. The van der Waals surface area contributed by atoms with Crippen LogP contribution in [0.25, 0.3) is 33.3 Å². The molecule has 1 heterocycles. The van der Waals surface area contributed by atoms with Crippen LogP contribution in [0.5, 0.6) is 11.5 Å². The molecule has 5 rings (SSSR count). The quantitative estimate of drug-likeness (QED) is 0.139. The van der Waals surface area contributed by atoms with Crippen molar-refractivity contribution >= 4 is 34.2 Å². The standard InChI is InChI=1S/C35H31ClF3N3O5/c1-3-16-46-32-19-27(36)11-13-29(32)30-20-31(26-9-8-25-18-28(47-35(37,38)39)12-10-24(25)17-26)42(41-30)21(2)22-4-6-23(7-5-22)34(45)40-15-14-33(43)44/h4-13,17-21H,3,14-16H2,1-2H3,(H,40,45)(H,43,44)/t21-/m1/s1. The average molecular weight is 666 g/mol. The van der Waals surface area contributed by atoms with Crippen LogP contribution in [0.4, 0.5) is 13.2 Å². The van der Waals surface area contributed by atoms with E-state index in [2.05, 4.69) is 10.1 Å². The van der Waals surface area contributed by atoms with Crippen molar-refractivity contribution in [1.29, 1.82) is 0 Å². The van der Waals surface area contributed by atoms with Crippen molar-refractivity contribution in [2.45, 2.75) is 39.1 Å². The Hall–Kier alpha value is -5.03. The number of carbonyl (C=O) groups excluding carboxylic acids is 1. The van der Waals surface area contributed by atoms with Crippen LogP contribution >= 0.6 is 11.6 Å². The highest BCUT2D eigenvalue weighted by Gasteiger charge is 2.31. The van der Waals surface area contributed by atoms with E-state index in [4.69, 9.17) is 26.5 Å². The summed E-state index contributed by atoms with van der Waals surface area (Å²) >= 11 is 6.29. The van der Waals surface area contributed by atoms with Crippen molar-refractivity contribution in [3.8, 4) is 34.0 Å². The Kier molecular flexibility index (Phi) is 10.0. The molecule has 0 bridgehead atoms. The van der Waals surface area contributed by atoms with Crippen molar-refractivity contribution in [2.24, 2.45) is 0 Å². The van der Waals surface area contributed by atoms with Gasteiger partial charge in [0.15, 0.2) is 0 Å². The van der Waals surface area contributed by atoms with Gasteiger partial charge >= 0.3 is 12.3 Å². The van der Waals surface area contributed by atoms with Gasteiger partial charge in [-0.1, -0.05) is 48.9 Å². The molecule has 1 aromatic heterocycles. The summed E-state index contributed by atoms with van der Waals surface area (Å²) in [4.78, 5) is 23.3. The number of hydrogen-bond donors (Lipinski definition) is 2. The fraction of sp³-hybridized carbons (Fsp3) is 0.229. The zero-order valence-electron chi connectivity index (χ0n) is 25.5. The number of carbonyl (C=O) groups is 2. The minimum atomic E-state index is -4.80. The zero-order chi connectivity index (χ0) is 33.7. The molecule has 0 saturated heterocycles. The first-order valence-electron chi connectivity index (χ1n) is 14.8. The normalized spacial score (nSPS) is 12.1. The molecule has 0 radical (unpaired) electrons. The Morgan fingerprint density at radius 1 is 0.979 bits per heavy atom. The SMILES string of the molecule is CCCOc1cc(Cl)ccc1-c1cc(-c2ccc3cc(OC(F)(F)F)ccc3c2)n([C@H](C)c2ccc(C(=O)NCCC(=O)O)cc2)n1. The Balaban J connectivity index is 1.54. The highest BCUT2D eigenvalue weighted by Crippen LogP contribution is 2.37. The molecule has 0 aliphatic heterocycles. The first kappa shape index (κ1) is 33.3. The lowest BCUT2D eigenvalue weighted by Crippen LogP contribution is -2.26. The predicted octanol–water partition coefficient (Wildman–Crippen LogP) is 8.52. The zero-order valence-corrected chi connectivity index (χ0v) is 26.2. The molecule has 0 fully saturated rings. The number of aliphatic carboxylic acids is 1. The van der Waals surface area contributed by atoms with Crippen LogP contribution in [0.15, 0.2) is 84.9 Å². The number of amides is 1. The second kappa shape index (κ2) is 14.2. The number of halogens is 4. The number of hydrogen-bond acceptors (Lipinski definition) is 5. The summed E-state index contributed by atoms with van der Waals surface area (Å²) in [6, 6.07) is 23.5. The smallest absolute Gasteiger partial charge is 0.493 e. The first-order chi connectivity index (χ1) is 22.4.